The first kappa shape index (κ1) is 19.7. The largest absolute Gasteiger partial charge is 0.482 e. The molecule has 0 aliphatic heterocycles. The van der Waals surface area contributed by atoms with Gasteiger partial charge < -0.3 is 13.9 Å². The maximum absolute atomic E-state index is 11.9. The van der Waals surface area contributed by atoms with Gasteiger partial charge in [0.15, 0.2) is 6.61 Å². The number of ether oxygens (including phenoxy) is 2. The average molecular weight is 446 g/mol. The van der Waals surface area contributed by atoms with E-state index < -0.39 is 11.6 Å². The van der Waals surface area contributed by atoms with Crippen LogP contribution in [0.2, 0.25) is 0 Å². The van der Waals surface area contributed by atoms with Gasteiger partial charge in [-0.15, -0.1) is 0 Å². The number of carbonyl (C=O) groups is 1. The van der Waals surface area contributed by atoms with Crippen LogP contribution in [0.15, 0.2) is 68.5 Å². The van der Waals surface area contributed by atoms with Crippen molar-refractivity contribution in [1.29, 1.82) is 0 Å². The Labute approximate surface area is 168 Å². The Morgan fingerprint density at radius 1 is 1.21 bits per heavy atom. The molecule has 2 aromatic carbocycles. The van der Waals surface area contributed by atoms with Crippen molar-refractivity contribution in [1.82, 2.24) is 5.48 Å². The molecule has 0 saturated heterocycles. The summed E-state index contributed by atoms with van der Waals surface area (Å²) in [6, 6.07) is 13.4. The van der Waals surface area contributed by atoms with Crippen LogP contribution in [0.4, 0.5) is 0 Å². The molecule has 0 unspecified atom stereocenters. The van der Waals surface area contributed by atoms with E-state index in [1.165, 1.54) is 12.1 Å². The summed E-state index contributed by atoms with van der Waals surface area (Å²) in [6.07, 6.45) is 1.09. The first-order valence-corrected chi connectivity index (χ1v) is 8.98. The molecular formula is C20H16BrNO6. The molecule has 1 heterocycles. The Balaban J connectivity index is 1.64. The second-order valence-corrected chi connectivity index (χ2v) is 6.75. The molecule has 144 valence electrons. The van der Waals surface area contributed by atoms with Crippen LogP contribution >= 0.6 is 15.9 Å². The summed E-state index contributed by atoms with van der Waals surface area (Å²) in [5, 5.41) is 10.0. The van der Waals surface area contributed by atoms with Crippen LogP contribution in [-0.2, 0) is 9.53 Å². The van der Waals surface area contributed by atoms with Gasteiger partial charge in [-0.2, -0.15) is 0 Å². The molecule has 3 rings (SSSR count). The van der Waals surface area contributed by atoms with E-state index in [9.17, 15) is 14.8 Å². The summed E-state index contributed by atoms with van der Waals surface area (Å²) in [5.41, 5.74) is 3.53. The molecule has 0 spiro atoms. The van der Waals surface area contributed by atoms with Gasteiger partial charge in [-0.05, 0) is 36.8 Å². The summed E-state index contributed by atoms with van der Waals surface area (Å²) in [4.78, 5) is 23.4. The van der Waals surface area contributed by atoms with Gasteiger partial charge in [-0.25, -0.2) is 9.59 Å². The standard InChI is InChI=1S/C20H16BrNO6/c1-12-8-19(23)28-18-9-15(6-7-16(12)18)26-11-20(24)27-10-17(22-25)13-2-4-14(21)5-3-13/h2-10,22,25H,11H2,1H3. The number of hydrogen-bond donors (Lipinski definition) is 2. The lowest BCUT2D eigenvalue weighted by Crippen LogP contribution is -2.14. The van der Waals surface area contributed by atoms with Crippen molar-refractivity contribution in [2.24, 2.45) is 0 Å². The van der Waals surface area contributed by atoms with Crippen LogP contribution in [0.5, 0.6) is 5.75 Å². The van der Waals surface area contributed by atoms with Gasteiger partial charge in [-0.3, -0.25) is 10.7 Å². The van der Waals surface area contributed by atoms with E-state index in [1.54, 1.807) is 36.4 Å². The second kappa shape index (κ2) is 8.73. The molecule has 1 aromatic heterocycles. The fraction of sp³-hybridized carbons (Fsp3) is 0.100. The van der Waals surface area contributed by atoms with Crippen molar-refractivity contribution in [2.45, 2.75) is 6.92 Å². The van der Waals surface area contributed by atoms with E-state index in [1.807, 2.05) is 12.4 Å². The summed E-state index contributed by atoms with van der Waals surface area (Å²) in [7, 11) is 0. The summed E-state index contributed by atoms with van der Waals surface area (Å²) >= 11 is 3.32. The third-order valence-electron chi connectivity index (χ3n) is 3.86. The second-order valence-electron chi connectivity index (χ2n) is 5.84. The lowest BCUT2D eigenvalue weighted by molar-refractivity contribution is -0.140. The van der Waals surface area contributed by atoms with Crippen LogP contribution in [0.3, 0.4) is 0 Å². The molecular weight excluding hydrogens is 430 g/mol. The number of aryl methyl sites for hydroxylation is 1. The van der Waals surface area contributed by atoms with Crippen LogP contribution in [-0.4, -0.2) is 17.8 Å². The highest BCUT2D eigenvalue weighted by molar-refractivity contribution is 9.10. The zero-order chi connectivity index (χ0) is 20.1. The number of hydroxylamine groups is 1. The monoisotopic (exact) mass is 445 g/mol. The lowest BCUT2D eigenvalue weighted by atomic mass is 10.1. The first-order chi connectivity index (χ1) is 13.5. The molecule has 2 N–H and O–H groups in total. The van der Waals surface area contributed by atoms with Gasteiger partial charge >= 0.3 is 11.6 Å². The van der Waals surface area contributed by atoms with Gasteiger partial charge in [0.25, 0.3) is 0 Å². The fourth-order valence-corrected chi connectivity index (χ4v) is 2.75. The third kappa shape index (κ3) is 4.79. The Morgan fingerprint density at radius 3 is 2.68 bits per heavy atom. The number of fused-ring (bicyclic) bond motifs is 1. The predicted molar refractivity (Wildman–Crippen MR) is 106 cm³/mol. The maximum atomic E-state index is 11.9. The van der Waals surface area contributed by atoms with E-state index in [0.29, 0.717) is 16.9 Å². The first-order valence-electron chi connectivity index (χ1n) is 8.19. The topological polar surface area (TPSA) is 98.0 Å². The number of benzene rings is 2. The Bertz CT molecular complexity index is 1090. The number of nitrogens with one attached hydrogen (secondary N) is 1. The van der Waals surface area contributed by atoms with E-state index in [4.69, 9.17) is 13.9 Å². The zero-order valence-electron chi connectivity index (χ0n) is 14.8. The van der Waals surface area contributed by atoms with Crippen LogP contribution in [0.1, 0.15) is 11.1 Å². The predicted octanol–water partition coefficient (Wildman–Crippen LogP) is 3.76. The highest BCUT2D eigenvalue weighted by atomic mass is 79.9. The summed E-state index contributed by atoms with van der Waals surface area (Å²) < 4.78 is 16.4. The van der Waals surface area contributed by atoms with Crippen molar-refractivity contribution >= 4 is 38.6 Å². The van der Waals surface area contributed by atoms with Crippen LogP contribution in [0.25, 0.3) is 16.7 Å². The molecule has 0 aliphatic carbocycles. The quantitative estimate of drug-likeness (QED) is 0.258. The zero-order valence-corrected chi connectivity index (χ0v) is 16.4. The molecule has 3 aromatic rings. The number of esters is 1. The SMILES string of the molecule is Cc1cc(=O)oc2cc(OCC(=O)OC=C(NO)c3ccc(Br)cc3)ccc12. The number of halogens is 1. The molecule has 0 aliphatic rings. The minimum atomic E-state index is -0.671. The van der Waals surface area contributed by atoms with Gasteiger partial charge in [0.05, 0.1) is 0 Å². The highest BCUT2D eigenvalue weighted by Crippen LogP contribution is 2.22. The lowest BCUT2D eigenvalue weighted by Gasteiger charge is -2.08. The Kier molecular flexibility index (Phi) is 6.13. The smallest absolute Gasteiger partial charge is 0.349 e. The van der Waals surface area contributed by atoms with Crippen molar-refractivity contribution in [3.63, 3.8) is 0 Å². The number of hydrogen-bond acceptors (Lipinski definition) is 7. The molecule has 0 fully saturated rings. The minimum Gasteiger partial charge on any atom is -0.482 e. The molecule has 0 radical (unpaired) electrons. The van der Waals surface area contributed by atoms with E-state index in [-0.39, 0.29) is 12.3 Å². The minimum absolute atomic E-state index is 0.212. The van der Waals surface area contributed by atoms with Crippen LogP contribution in [0, 0.1) is 6.92 Å². The average Bonchev–Trinajstić information content (AvgIpc) is 2.67. The fourth-order valence-electron chi connectivity index (χ4n) is 2.48. The summed E-state index contributed by atoms with van der Waals surface area (Å²) in [5.74, 6) is -0.314. The van der Waals surface area contributed by atoms with Gasteiger partial charge in [0.1, 0.15) is 23.3 Å². The molecule has 0 bridgehead atoms. The van der Waals surface area contributed by atoms with E-state index >= 15 is 0 Å². The molecule has 7 nitrogen and oxygen atoms in total. The third-order valence-corrected chi connectivity index (χ3v) is 4.39. The van der Waals surface area contributed by atoms with E-state index in [0.717, 1.165) is 21.7 Å². The van der Waals surface area contributed by atoms with Crippen molar-refractivity contribution < 1.29 is 23.9 Å². The van der Waals surface area contributed by atoms with Crippen molar-refractivity contribution in [3.05, 3.63) is 80.8 Å². The molecule has 8 heteroatoms. The van der Waals surface area contributed by atoms with Gasteiger partial charge in [-0.1, -0.05) is 28.1 Å². The summed E-state index contributed by atoms with van der Waals surface area (Å²) in [6.45, 7) is 1.44. The molecule has 0 amide bonds. The van der Waals surface area contributed by atoms with E-state index in [2.05, 4.69) is 15.9 Å². The van der Waals surface area contributed by atoms with Crippen LogP contribution < -0.4 is 15.8 Å². The number of carbonyl (C=O) groups excluding carboxylic acids is 1. The normalized spacial score (nSPS) is 11.3. The molecule has 0 atom stereocenters. The molecule has 28 heavy (non-hydrogen) atoms. The Morgan fingerprint density at radius 2 is 1.96 bits per heavy atom. The van der Waals surface area contributed by atoms with Gasteiger partial charge in [0, 0.05) is 27.6 Å². The maximum Gasteiger partial charge on any atom is 0.349 e. The van der Waals surface area contributed by atoms with Crippen molar-refractivity contribution in [3.8, 4) is 5.75 Å². The number of rotatable bonds is 6. The molecule has 0 saturated carbocycles. The Hall–Kier alpha value is -3.10. The van der Waals surface area contributed by atoms with Gasteiger partial charge in [0.2, 0.25) is 0 Å². The highest BCUT2D eigenvalue weighted by Gasteiger charge is 2.08. The van der Waals surface area contributed by atoms with Crippen molar-refractivity contribution in [2.75, 3.05) is 6.61 Å².